The van der Waals surface area contributed by atoms with E-state index in [1.165, 1.54) is 0 Å². The van der Waals surface area contributed by atoms with Crippen LogP contribution in [0.15, 0.2) is 60.7 Å². The van der Waals surface area contributed by atoms with Crippen LogP contribution < -0.4 is 4.74 Å². The van der Waals surface area contributed by atoms with Crippen LogP contribution in [-0.2, 0) is 9.53 Å². The van der Waals surface area contributed by atoms with Crippen molar-refractivity contribution in [3.8, 4) is 5.75 Å². The summed E-state index contributed by atoms with van der Waals surface area (Å²) >= 11 is 0. The lowest BCUT2D eigenvalue weighted by Crippen LogP contribution is -2.22. The molecule has 3 aromatic carbocycles. The van der Waals surface area contributed by atoms with Crippen LogP contribution in [0.2, 0.25) is 0 Å². The van der Waals surface area contributed by atoms with Crippen molar-refractivity contribution in [2.75, 3.05) is 6.61 Å². The minimum Gasteiger partial charge on any atom is -0.488 e. The molecule has 1 unspecified atom stereocenters. The number of hydrogen-bond acceptors (Lipinski definition) is 4. The largest absolute Gasteiger partial charge is 0.488 e. The zero-order valence-corrected chi connectivity index (χ0v) is 15.2. The maximum atomic E-state index is 11.7. The van der Waals surface area contributed by atoms with Gasteiger partial charge in [0, 0.05) is 16.3 Å². The number of carbonyl (C=O) groups excluding carboxylic acids is 1. The molecule has 1 atom stereocenters. The predicted molar refractivity (Wildman–Crippen MR) is 104 cm³/mol. The lowest BCUT2D eigenvalue weighted by atomic mass is 10.00. The lowest BCUT2D eigenvalue weighted by Gasteiger charge is -2.17. The highest BCUT2D eigenvalue weighted by molar-refractivity contribution is 6.07. The van der Waals surface area contributed by atoms with Gasteiger partial charge >= 0.3 is 11.9 Å². The maximum Gasteiger partial charge on any atom is 0.335 e. The SMILES string of the molecule is C=C(C)C(=O)OC(C)COc1c2ccccc2cc2ccc(C(=O)O)cc12. The fourth-order valence-corrected chi connectivity index (χ4v) is 2.83. The van der Waals surface area contributed by atoms with Crippen LogP contribution in [0.5, 0.6) is 5.75 Å². The predicted octanol–water partition coefficient (Wildman–Crippen LogP) is 4.58. The van der Waals surface area contributed by atoms with Crippen molar-refractivity contribution >= 4 is 33.5 Å². The minimum atomic E-state index is -1.00. The Morgan fingerprint density at radius 3 is 2.48 bits per heavy atom. The first-order valence-electron chi connectivity index (χ1n) is 8.55. The molecule has 5 nitrogen and oxygen atoms in total. The number of carbonyl (C=O) groups is 2. The number of carboxylic acid groups (broad SMARTS) is 1. The first kappa shape index (κ1) is 18.5. The van der Waals surface area contributed by atoms with Gasteiger partial charge in [-0.15, -0.1) is 0 Å². The van der Waals surface area contributed by atoms with E-state index in [0.717, 1.165) is 16.2 Å². The number of aromatic carboxylic acids is 1. The van der Waals surface area contributed by atoms with Crippen LogP contribution in [0.1, 0.15) is 24.2 Å². The van der Waals surface area contributed by atoms with Gasteiger partial charge in [-0.2, -0.15) is 0 Å². The molecular formula is C22H20O5. The summed E-state index contributed by atoms with van der Waals surface area (Å²) in [7, 11) is 0. The van der Waals surface area contributed by atoms with E-state index in [-0.39, 0.29) is 12.2 Å². The molecule has 1 N–H and O–H groups in total. The second-order valence-electron chi connectivity index (χ2n) is 6.48. The van der Waals surface area contributed by atoms with E-state index in [2.05, 4.69) is 6.58 Å². The Hall–Kier alpha value is -3.34. The van der Waals surface area contributed by atoms with Gasteiger partial charge < -0.3 is 14.6 Å². The summed E-state index contributed by atoms with van der Waals surface area (Å²) in [6, 6.07) is 14.6. The number of esters is 1. The Labute approximate surface area is 156 Å². The van der Waals surface area contributed by atoms with Crippen LogP contribution in [0, 0.1) is 0 Å². The minimum absolute atomic E-state index is 0.138. The number of ether oxygens (including phenoxy) is 2. The molecule has 0 heterocycles. The molecular weight excluding hydrogens is 344 g/mol. The first-order chi connectivity index (χ1) is 12.9. The molecule has 0 aliphatic rings. The molecule has 0 saturated heterocycles. The van der Waals surface area contributed by atoms with Crippen molar-refractivity contribution in [2.24, 2.45) is 0 Å². The van der Waals surface area contributed by atoms with Gasteiger partial charge in [-0.25, -0.2) is 9.59 Å². The normalized spacial score (nSPS) is 11.9. The summed E-state index contributed by atoms with van der Waals surface area (Å²) in [4.78, 5) is 23.0. The molecule has 5 heteroatoms. The molecule has 27 heavy (non-hydrogen) atoms. The molecule has 0 amide bonds. The van der Waals surface area contributed by atoms with E-state index in [1.54, 1.807) is 32.0 Å². The molecule has 0 aliphatic heterocycles. The van der Waals surface area contributed by atoms with Crippen molar-refractivity contribution in [2.45, 2.75) is 20.0 Å². The van der Waals surface area contributed by atoms with Crippen LogP contribution in [0.25, 0.3) is 21.5 Å². The van der Waals surface area contributed by atoms with Gasteiger partial charge in [-0.3, -0.25) is 0 Å². The summed E-state index contributed by atoms with van der Waals surface area (Å²) < 4.78 is 11.3. The Bertz CT molecular complexity index is 1050. The Morgan fingerprint density at radius 2 is 1.78 bits per heavy atom. The van der Waals surface area contributed by atoms with Gasteiger partial charge in [0.25, 0.3) is 0 Å². The van der Waals surface area contributed by atoms with Crippen LogP contribution >= 0.6 is 0 Å². The Morgan fingerprint density at radius 1 is 1.07 bits per heavy atom. The third-order valence-electron chi connectivity index (χ3n) is 4.18. The van der Waals surface area contributed by atoms with Gasteiger partial charge in [0.1, 0.15) is 18.5 Å². The quantitative estimate of drug-likeness (QED) is 0.394. The van der Waals surface area contributed by atoms with Crippen LogP contribution in [0.3, 0.4) is 0 Å². The van der Waals surface area contributed by atoms with Gasteiger partial charge in [0.2, 0.25) is 0 Å². The summed E-state index contributed by atoms with van der Waals surface area (Å²) in [5.74, 6) is -0.897. The molecule has 3 aromatic rings. The number of carboxylic acids is 1. The highest BCUT2D eigenvalue weighted by atomic mass is 16.6. The second-order valence-corrected chi connectivity index (χ2v) is 6.48. The summed E-state index contributed by atoms with van der Waals surface area (Å²) in [5, 5.41) is 12.7. The zero-order chi connectivity index (χ0) is 19.6. The third-order valence-corrected chi connectivity index (χ3v) is 4.18. The van der Waals surface area contributed by atoms with Gasteiger partial charge in [0.05, 0.1) is 5.56 Å². The van der Waals surface area contributed by atoms with Crippen molar-refractivity contribution in [1.82, 2.24) is 0 Å². The number of benzene rings is 3. The van der Waals surface area contributed by atoms with Crippen LogP contribution in [0.4, 0.5) is 0 Å². The smallest absolute Gasteiger partial charge is 0.335 e. The van der Waals surface area contributed by atoms with Gasteiger partial charge in [-0.1, -0.05) is 36.9 Å². The first-order valence-corrected chi connectivity index (χ1v) is 8.55. The van der Waals surface area contributed by atoms with Crippen LogP contribution in [-0.4, -0.2) is 29.8 Å². The summed E-state index contributed by atoms with van der Waals surface area (Å²) in [5.41, 5.74) is 0.507. The van der Waals surface area contributed by atoms with E-state index in [1.807, 2.05) is 30.3 Å². The molecule has 0 radical (unpaired) electrons. The summed E-state index contributed by atoms with van der Waals surface area (Å²) in [6.45, 7) is 7.02. The molecule has 0 bridgehead atoms. The number of hydrogen-bond donors (Lipinski definition) is 1. The molecule has 0 aliphatic carbocycles. The zero-order valence-electron chi connectivity index (χ0n) is 15.2. The summed E-state index contributed by atoms with van der Waals surface area (Å²) in [6.07, 6.45) is -0.481. The van der Waals surface area contributed by atoms with Crippen molar-refractivity contribution in [3.05, 3.63) is 66.2 Å². The maximum absolute atomic E-state index is 11.7. The second kappa shape index (κ2) is 7.50. The Kier molecular flexibility index (Phi) is 5.12. The van der Waals surface area contributed by atoms with Crippen molar-refractivity contribution in [1.29, 1.82) is 0 Å². The Balaban J connectivity index is 2.02. The molecule has 3 rings (SSSR count). The fourth-order valence-electron chi connectivity index (χ4n) is 2.83. The molecule has 0 saturated carbocycles. The lowest BCUT2D eigenvalue weighted by molar-refractivity contribution is -0.144. The average molecular weight is 364 g/mol. The molecule has 0 fully saturated rings. The standard InChI is InChI=1S/C22H20O5/c1-13(2)22(25)27-14(3)12-26-20-18-7-5-4-6-15(18)10-16-8-9-17(21(23)24)11-19(16)20/h4-11,14H,1,12H2,2-3H3,(H,23,24). The van der Waals surface area contributed by atoms with E-state index in [9.17, 15) is 14.7 Å². The van der Waals surface area contributed by atoms with Crippen molar-refractivity contribution < 1.29 is 24.2 Å². The van der Waals surface area contributed by atoms with E-state index in [4.69, 9.17) is 9.47 Å². The molecule has 0 aromatic heterocycles. The topological polar surface area (TPSA) is 72.8 Å². The van der Waals surface area contributed by atoms with Gasteiger partial charge in [-0.05, 0) is 42.8 Å². The van der Waals surface area contributed by atoms with E-state index < -0.39 is 18.0 Å². The van der Waals surface area contributed by atoms with E-state index in [0.29, 0.717) is 16.7 Å². The molecule has 0 spiro atoms. The van der Waals surface area contributed by atoms with E-state index >= 15 is 0 Å². The number of fused-ring (bicyclic) bond motifs is 2. The molecule has 138 valence electrons. The average Bonchev–Trinajstić information content (AvgIpc) is 2.64. The van der Waals surface area contributed by atoms with Gasteiger partial charge in [0.15, 0.2) is 0 Å². The number of rotatable bonds is 6. The highest BCUT2D eigenvalue weighted by Crippen LogP contribution is 2.35. The third kappa shape index (κ3) is 3.92. The fraction of sp³-hybridized carbons (Fsp3) is 0.182. The van der Waals surface area contributed by atoms with Crippen molar-refractivity contribution in [3.63, 3.8) is 0 Å². The monoisotopic (exact) mass is 364 g/mol. The highest BCUT2D eigenvalue weighted by Gasteiger charge is 2.15.